The molecule has 0 heterocycles. The third-order valence-electron chi connectivity index (χ3n) is 1.72. The van der Waals surface area contributed by atoms with E-state index in [0.29, 0.717) is 30.4 Å². The van der Waals surface area contributed by atoms with Crippen LogP contribution >= 0.6 is 0 Å². The average molecular weight is 234 g/mol. The SMILES string of the molecule is O=C(O)/C=C/c1cc(F)ccc1C(F)(F)F. The predicted molar refractivity (Wildman–Crippen MR) is 48.1 cm³/mol. The first kappa shape index (κ1) is 12.2. The lowest BCUT2D eigenvalue weighted by Gasteiger charge is -2.09. The van der Waals surface area contributed by atoms with Crippen molar-refractivity contribution in [2.24, 2.45) is 0 Å². The first-order chi connectivity index (χ1) is 7.30. The summed E-state index contributed by atoms with van der Waals surface area (Å²) in [5.74, 6) is -2.27. The predicted octanol–water partition coefficient (Wildman–Crippen LogP) is 2.94. The highest BCUT2D eigenvalue weighted by Gasteiger charge is 2.32. The van der Waals surface area contributed by atoms with Crippen molar-refractivity contribution >= 4 is 12.0 Å². The second-order valence-electron chi connectivity index (χ2n) is 2.90. The molecular formula is C10H6F4O2. The van der Waals surface area contributed by atoms with E-state index in [1.54, 1.807) is 0 Å². The summed E-state index contributed by atoms with van der Waals surface area (Å²) in [7, 11) is 0. The Hall–Kier alpha value is -1.85. The van der Waals surface area contributed by atoms with E-state index in [4.69, 9.17) is 5.11 Å². The highest BCUT2D eigenvalue weighted by molar-refractivity contribution is 5.85. The molecule has 1 aromatic rings. The van der Waals surface area contributed by atoms with Crippen LogP contribution in [0, 0.1) is 5.82 Å². The van der Waals surface area contributed by atoms with Gasteiger partial charge in [0.1, 0.15) is 5.82 Å². The molecule has 0 radical (unpaired) electrons. The molecule has 6 heteroatoms. The molecule has 0 aliphatic heterocycles. The summed E-state index contributed by atoms with van der Waals surface area (Å²) in [6.07, 6.45) is -3.43. The van der Waals surface area contributed by atoms with E-state index in [1.165, 1.54) is 0 Å². The molecule has 16 heavy (non-hydrogen) atoms. The van der Waals surface area contributed by atoms with E-state index in [-0.39, 0.29) is 0 Å². The smallest absolute Gasteiger partial charge is 0.416 e. The molecule has 0 aliphatic rings. The third kappa shape index (κ3) is 3.08. The molecule has 0 atom stereocenters. The van der Waals surface area contributed by atoms with Crippen LogP contribution in [-0.2, 0) is 11.0 Å². The second-order valence-corrected chi connectivity index (χ2v) is 2.90. The van der Waals surface area contributed by atoms with Gasteiger partial charge in [-0.15, -0.1) is 0 Å². The summed E-state index contributed by atoms with van der Waals surface area (Å²) in [6, 6.07) is 1.86. The van der Waals surface area contributed by atoms with Crippen molar-refractivity contribution < 1.29 is 27.5 Å². The van der Waals surface area contributed by atoms with Crippen molar-refractivity contribution in [3.8, 4) is 0 Å². The summed E-state index contributed by atoms with van der Waals surface area (Å²) in [4.78, 5) is 10.2. The van der Waals surface area contributed by atoms with Crippen LogP contribution in [0.1, 0.15) is 11.1 Å². The fraction of sp³-hybridized carbons (Fsp3) is 0.100. The number of alkyl halides is 3. The molecular weight excluding hydrogens is 228 g/mol. The van der Waals surface area contributed by atoms with Gasteiger partial charge >= 0.3 is 12.1 Å². The zero-order chi connectivity index (χ0) is 12.3. The quantitative estimate of drug-likeness (QED) is 0.631. The Morgan fingerprint density at radius 3 is 2.44 bits per heavy atom. The zero-order valence-electron chi connectivity index (χ0n) is 7.75. The lowest BCUT2D eigenvalue weighted by atomic mass is 10.1. The van der Waals surface area contributed by atoms with Crippen molar-refractivity contribution in [1.82, 2.24) is 0 Å². The molecule has 0 spiro atoms. The van der Waals surface area contributed by atoms with Gasteiger partial charge in [-0.3, -0.25) is 0 Å². The van der Waals surface area contributed by atoms with Crippen molar-refractivity contribution in [1.29, 1.82) is 0 Å². The normalized spacial score (nSPS) is 12.0. The van der Waals surface area contributed by atoms with E-state index >= 15 is 0 Å². The molecule has 0 fully saturated rings. The molecule has 1 rings (SSSR count). The first-order valence-electron chi connectivity index (χ1n) is 4.08. The summed E-state index contributed by atoms with van der Waals surface area (Å²) in [5.41, 5.74) is -1.60. The number of halogens is 4. The number of hydrogen-bond acceptors (Lipinski definition) is 1. The van der Waals surface area contributed by atoms with Crippen LogP contribution in [0.15, 0.2) is 24.3 Å². The molecule has 0 amide bonds. The molecule has 0 aliphatic carbocycles. The van der Waals surface area contributed by atoms with Gasteiger partial charge in [-0.05, 0) is 29.8 Å². The molecule has 0 saturated carbocycles. The largest absolute Gasteiger partial charge is 0.478 e. The van der Waals surface area contributed by atoms with Crippen molar-refractivity contribution in [3.63, 3.8) is 0 Å². The van der Waals surface area contributed by atoms with Gasteiger partial charge < -0.3 is 5.11 Å². The maximum Gasteiger partial charge on any atom is 0.416 e. The summed E-state index contributed by atoms with van der Waals surface area (Å²) < 4.78 is 49.9. The van der Waals surface area contributed by atoms with Crippen LogP contribution in [0.25, 0.3) is 6.08 Å². The van der Waals surface area contributed by atoms with Gasteiger partial charge in [-0.2, -0.15) is 13.2 Å². The van der Waals surface area contributed by atoms with Gasteiger partial charge in [0.2, 0.25) is 0 Å². The lowest BCUT2D eigenvalue weighted by molar-refractivity contribution is -0.138. The Morgan fingerprint density at radius 2 is 1.94 bits per heavy atom. The topological polar surface area (TPSA) is 37.3 Å². The van der Waals surface area contributed by atoms with E-state index in [0.717, 1.165) is 0 Å². The summed E-state index contributed by atoms with van der Waals surface area (Å²) >= 11 is 0. The number of aliphatic carboxylic acids is 1. The average Bonchev–Trinajstić information content (AvgIpc) is 2.12. The highest BCUT2D eigenvalue weighted by atomic mass is 19.4. The summed E-state index contributed by atoms with van der Waals surface area (Å²) in [6.45, 7) is 0. The van der Waals surface area contributed by atoms with Crippen LogP contribution in [0.2, 0.25) is 0 Å². The Balaban J connectivity index is 3.24. The maximum atomic E-state index is 12.7. The highest BCUT2D eigenvalue weighted by Crippen LogP contribution is 2.32. The van der Waals surface area contributed by atoms with Crippen LogP contribution in [0.4, 0.5) is 17.6 Å². The van der Waals surface area contributed by atoms with Crippen molar-refractivity contribution in [3.05, 3.63) is 41.2 Å². The minimum Gasteiger partial charge on any atom is -0.478 e. The van der Waals surface area contributed by atoms with E-state index < -0.39 is 29.1 Å². The molecule has 1 N–H and O–H groups in total. The van der Waals surface area contributed by atoms with E-state index in [1.807, 2.05) is 0 Å². The standard InChI is InChI=1S/C10H6F4O2/c11-7-2-3-8(10(12,13)14)6(5-7)1-4-9(15)16/h1-5H,(H,15,16)/b4-1+. The number of hydrogen-bond donors (Lipinski definition) is 1. The van der Waals surface area contributed by atoms with E-state index in [2.05, 4.69) is 0 Å². The lowest BCUT2D eigenvalue weighted by Crippen LogP contribution is -2.07. The van der Waals surface area contributed by atoms with Gasteiger partial charge in [0.15, 0.2) is 0 Å². The van der Waals surface area contributed by atoms with Crippen LogP contribution < -0.4 is 0 Å². The monoisotopic (exact) mass is 234 g/mol. The molecule has 86 valence electrons. The fourth-order valence-electron chi connectivity index (χ4n) is 1.09. The van der Waals surface area contributed by atoms with Gasteiger partial charge in [-0.1, -0.05) is 0 Å². The zero-order valence-corrected chi connectivity index (χ0v) is 7.75. The number of carbonyl (C=O) groups is 1. The van der Waals surface area contributed by atoms with Crippen molar-refractivity contribution in [2.45, 2.75) is 6.18 Å². The molecule has 2 nitrogen and oxygen atoms in total. The molecule has 0 unspecified atom stereocenters. The molecule has 0 bridgehead atoms. The number of benzene rings is 1. The first-order valence-corrected chi connectivity index (χ1v) is 4.08. The van der Waals surface area contributed by atoms with Gasteiger partial charge in [-0.25, -0.2) is 9.18 Å². The molecule has 0 saturated heterocycles. The summed E-state index contributed by atoms with van der Waals surface area (Å²) in [5, 5.41) is 8.28. The number of carboxylic acid groups (broad SMARTS) is 1. The Labute approximate surface area is 87.8 Å². The Morgan fingerprint density at radius 1 is 1.31 bits per heavy atom. The number of rotatable bonds is 2. The van der Waals surface area contributed by atoms with Gasteiger partial charge in [0.05, 0.1) is 5.56 Å². The fourth-order valence-corrected chi connectivity index (χ4v) is 1.09. The van der Waals surface area contributed by atoms with Gasteiger partial charge in [0.25, 0.3) is 0 Å². The van der Waals surface area contributed by atoms with Crippen LogP contribution in [-0.4, -0.2) is 11.1 Å². The Kier molecular flexibility index (Phi) is 3.31. The maximum absolute atomic E-state index is 12.7. The molecule has 1 aromatic carbocycles. The third-order valence-corrected chi connectivity index (χ3v) is 1.72. The number of carboxylic acids is 1. The second kappa shape index (κ2) is 4.34. The van der Waals surface area contributed by atoms with Crippen LogP contribution in [0.5, 0.6) is 0 Å². The van der Waals surface area contributed by atoms with E-state index in [9.17, 15) is 22.4 Å². The van der Waals surface area contributed by atoms with Crippen molar-refractivity contribution in [2.75, 3.05) is 0 Å². The van der Waals surface area contributed by atoms with Crippen LogP contribution in [0.3, 0.4) is 0 Å². The minimum atomic E-state index is -4.65. The minimum absolute atomic E-state index is 0.518. The molecule has 0 aromatic heterocycles. The Bertz CT molecular complexity index is 435. The van der Waals surface area contributed by atoms with Gasteiger partial charge in [0, 0.05) is 6.08 Å².